The number of nitrogens with one attached hydrogen (secondary N) is 1. The third kappa shape index (κ3) is 2.69. The van der Waals surface area contributed by atoms with Crippen LogP contribution in [0.15, 0.2) is 29.1 Å². The molecule has 2 aromatic heterocycles. The molecular weight excluding hydrogens is 262 g/mol. The van der Waals surface area contributed by atoms with Crippen molar-refractivity contribution < 1.29 is 9.53 Å². The zero-order valence-corrected chi connectivity index (χ0v) is 11.2. The van der Waals surface area contributed by atoms with E-state index in [1.165, 1.54) is 0 Å². The predicted molar refractivity (Wildman–Crippen MR) is 71.9 cm³/mol. The molecule has 0 unspecified atom stereocenters. The molecule has 3 rings (SSSR count). The standard InChI is InChI=1S/C13H15N3O2S/c17-13(7-10-2-6-19-9-10)16-4-5-18-8-12(16)11-1-3-14-15-11/h1-3,6,9,12H,4-5,7-8H2,(H,14,15)/t12-/m1/s1. The fraction of sp³-hybridized carbons (Fsp3) is 0.385. The minimum Gasteiger partial charge on any atom is -0.377 e. The third-order valence-corrected chi connectivity index (χ3v) is 4.00. The van der Waals surface area contributed by atoms with Gasteiger partial charge in [0.25, 0.3) is 0 Å². The minimum atomic E-state index is -0.0533. The highest BCUT2D eigenvalue weighted by molar-refractivity contribution is 7.07. The zero-order valence-electron chi connectivity index (χ0n) is 10.4. The van der Waals surface area contributed by atoms with E-state index in [4.69, 9.17) is 4.74 Å². The number of morpholine rings is 1. The molecular formula is C13H15N3O2S. The van der Waals surface area contributed by atoms with Crippen LogP contribution in [0.5, 0.6) is 0 Å². The molecule has 0 radical (unpaired) electrons. The number of nitrogens with zero attached hydrogens (tertiary/aromatic N) is 2. The number of rotatable bonds is 3. The zero-order chi connectivity index (χ0) is 13.1. The molecule has 5 nitrogen and oxygen atoms in total. The number of amides is 1. The first-order chi connectivity index (χ1) is 9.34. The summed E-state index contributed by atoms with van der Waals surface area (Å²) in [5.74, 6) is 0.140. The Labute approximate surface area is 115 Å². The summed E-state index contributed by atoms with van der Waals surface area (Å²) in [6.07, 6.45) is 2.15. The van der Waals surface area contributed by atoms with Crippen LogP contribution in [0.4, 0.5) is 0 Å². The molecule has 1 saturated heterocycles. The number of hydrogen-bond donors (Lipinski definition) is 1. The molecule has 1 aliphatic rings. The van der Waals surface area contributed by atoms with Crippen LogP contribution >= 0.6 is 11.3 Å². The molecule has 2 aromatic rings. The van der Waals surface area contributed by atoms with Crippen LogP contribution in [-0.2, 0) is 16.0 Å². The Morgan fingerprint density at radius 1 is 1.58 bits per heavy atom. The summed E-state index contributed by atoms with van der Waals surface area (Å²) in [5, 5.41) is 10.9. The number of thiophene rings is 1. The highest BCUT2D eigenvalue weighted by Gasteiger charge is 2.29. The van der Waals surface area contributed by atoms with Crippen LogP contribution < -0.4 is 0 Å². The van der Waals surface area contributed by atoms with E-state index >= 15 is 0 Å². The van der Waals surface area contributed by atoms with Crippen LogP contribution in [-0.4, -0.2) is 40.8 Å². The number of carbonyl (C=O) groups excluding carboxylic acids is 1. The van der Waals surface area contributed by atoms with Gasteiger partial charge in [0.1, 0.15) is 0 Å². The Morgan fingerprint density at radius 3 is 3.26 bits per heavy atom. The van der Waals surface area contributed by atoms with Gasteiger partial charge in [-0.2, -0.15) is 16.4 Å². The largest absolute Gasteiger partial charge is 0.377 e. The average molecular weight is 277 g/mol. The maximum Gasteiger partial charge on any atom is 0.227 e. The molecule has 19 heavy (non-hydrogen) atoms. The van der Waals surface area contributed by atoms with Gasteiger partial charge in [-0.05, 0) is 28.5 Å². The SMILES string of the molecule is O=C(Cc1ccsc1)N1CCOC[C@@H]1c1ccn[nH]1. The van der Waals surface area contributed by atoms with E-state index in [-0.39, 0.29) is 11.9 Å². The smallest absolute Gasteiger partial charge is 0.227 e. The van der Waals surface area contributed by atoms with Crippen molar-refractivity contribution >= 4 is 17.2 Å². The molecule has 100 valence electrons. The van der Waals surface area contributed by atoms with Gasteiger partial charge in [-0.3, -0.25) is 9.89 Å². The second-order valence-electron chi connectivity index (χ2n) is 4.50. The number of H-pyrrole nitrogens is 1. The van der Waals surface area contributed by atoms with Crippen molar-refractivity contribution in [1.82, 2.24) is 15.1 Å². The summed E-state index contributed by atoms with van der Waals surface area (Å²) in [6, 6.07) is 3.83. The van der Waals surface area contributed by atoms with Gasteiger partial charge in [-0.15, -0.1) is 0 Å². The van der Waals surface area contributed by atoms with Crippen molar-refractivity contribution in [3.05, 3.63) is 40.3 Å². The van der Waals surface area contributed by atoms with E-state index in [2.05, 4.69) is 10.2 Å². The van der Waals surface area contributed by atoms with Crippen LogP contribution in [0, 0.1) is 0 Å². The highest BCUT2D eigenvalue weighted by atomic mass is 32.1. The number of aromatic nitrogens is 2. The monoisotopic (exact) mass is 277 g/mol. The van der Waals surface area contributed by atoms with E-state index < -0.39 is 0 Å². The van der Waals surface area contributed by atoms with Crippen molar-refractivity contribution in [2.24, 2.45) is 0 Å². The fourth-order valence-corrected chi connectivity index (χ4v) is 2.95. The second-order valence-corrected chi connectivity index (χ2v) is 5.28. The lowest BCUT2D eigenvalue weighted by Crippen LogP contribution is -2.44. The van der Waals surface area contributed by atoms with Gasteiger partial charge in [-0.25, -0.2) is 0 Å². The lowest BCUT2D eigenvalue weighted by molar-refractivity contribution is -0.139. The maximum absolute atomic E-state index is 12.4. The summed E-state index contributed by atoms with van der Waals surface area (Å²) in [7, 11) is 0. The van der Waals surface area contributed by atoms with Crippen molar-refractivity contribution in [3.63, 3.8) is 0 Å². The van der Waals surface area contributed by atoms with Gasteiger partial charge in [0.2, 0.25) is 5.91 Å². The molecule has 1 N–H and O–H groups in total. The molecule has 1 amide bonds. The third-order valence-electron chi connectivity index (χ3n) is 3.27. The molecule has 1 atom stereocenters. The lowest BCUT2D eigenvalue weighted by Gasteiger charge is -2.35. The van der Waals surface area contributed by atoms with E-state index in [1.54, 1.807) is 17.5 Å². The van der Waals surface area contributed by atoms with Crippen molar-refractivity contribution in [2.75, 3.05) is 19.8 Å². The Hall–Kier alpha value is -1.66. The van der Waals surface area contributed by atoms with Crippen molar-refractivity contribution in [3.8, 4) is 0 Å². The summed E-state index contributed by atoms with van der Waals surface area (Å²) in [5.41, 5.74) is 2.00. The average Bonchev–Trinajstić information content (AvgIpc) is 3.11. The number of carbonyl (C=O) groups is 1. The van der Waals surface area contributed by atoms with E-state index in [0.29, 0.717) is 26.2 Å². The molecule has 0 aliphatic carbocycles. The number of ether oxygens (including phenoxy) is 1. The molecule has 0 spiro atoms. The minimum absolute atomic E-state index is 0.0533. The first-order valence-corrected chi connectivity index (χ1v) is 7.16. The van der Waals surface area contributed by atoms with Crippen LogP contribution in [0.3, 0.4) is 0 Å². The van der Waals surface area contributed by atoms with Crippen molar-refractivity contribution in [2.45, 2.75) is 12.5 Å². The quantitative estimate of drug-likeness (QED) is 0.927. The second kappa shape index (κ2) is 5.54. The summed E-state index contributed by atoms with van der Waals surface area (Å²) >= 11 is 1.62. The van der Waals surface area contributed by atoms with Gasteiger partial charge in [0, 0.05) is 12.7 Å². The summed E-state index contributed by atoms with van der Waals surface area (Å²) < 4.78 is 5.48. The first-order valence-electron chi connectivity index (χ1n) is 6.22. The fourth-order valence-electron chi connectivity index (χ4n) is 2.28. The maximum atomic E-state index is 12.4. The Bertz CT molecular complexity index is 524. The van der Waals surface area contributed by atoms with Gasteiger partial charge in [0.15, 0.2) is 0 Å². The van der Waals surface area contributed by atoms with Crippen LogP contribution in [0.25, 0.3) is 0 Å². The van der Waals surface area contributed by atoms with E-state index in [1.807, 2.05) is 27.8 Å². The molecule has 3 heterocycles. The highest BCUT2D eigenvalue weighted by Crippen LogP contribution is 2.23. The van der Waals surface area contributed by atoms with Crippen LogP contribution in [0.2, 0.25) is 0 Å². The van der Waals surface area contributed by atoms with E-state index in [9.17, 15) is 4.79 Å². The number of hydrogen-bond acceptors (Lipinski definition) is 4. The molecule has 0 aromatic carbocycles. The lowest BCUT2D eigenvalue weighted by atomic mass is 10.1. The molecule has 1 aliphatic heterocycles. The number of aromatic amines is 1. The van der Waals surface area contributed by atoms with Gasteiger partial charge < -0.3 is 9.64 Å². The molecule has 0 bridgehead atoms. The van der Waals surface area contributed by atoms with Crippen molar-refractivity contribution in [1.29, 1.82) is 0 Å². The van der Waals surface area contributed by atoms with Gasteiger partial charge in [-0.1, -0.05) is 0 Å². The molecule has 0 saturated carbocycles. The first kappa shape index (κ1) is 12.4. The van der Waals surface area contributed by atoms with Gasteiger partial charge in [0.05, 0.1) is 31.4 Å². The predicted octanol–water partition coefficient (Wildman–Crippen LogP) is 1.61. The van der Waals surface area contributed by atoms with E-state index in [0.717, 1.165) is 11.3 Å². The molecule has 1 fully saturated rings. The van der Waals surface area contributed by atoms with Gasteiger partial charge >= 0.3 is 0 Å². The Morgan fingerprint density at radius 2 is 2.53 bits per heavy atom. The Balaban J connectivity index is 1.75. The Kier molecular flexibility index (Phi) is 3.61. The summed E-state index contributed by atoms with van der Waals surface area (Å²) in [6.45, 7) is 1.75. The van der Waals surface area contributed by atoms with Crippen LogP contribution in [0.1, 0.15) is 17.3 Å². The topological polar surface area (TPSA) is 58.2 Å². The summed E-state index contributed by atoms with van der Waals surface area (Å²) in [4.78, 5) is 14.3. The molecule has 6 heteroatoms. The normalized spacial score (nSPS) is 19.6.